The minimum atomic E-state index is -3.45. The molecule has 3 rings (SSSR count). The van der Waals surface area contributed by atoms with Crippen LogP contribution in [0.2, 0.25) is 0 Å². The molecule has 0 saturated carbocycles. The van der Waals surface area contributed by atoms with E-state index in [0.29, 0.717) is 26.2 Å². The van der Waals surface area contributed by atoms with Crippen LogP contribution in [0.3, 0.4) is 0 Å². The van der Waals surface area contributed by atoms with Crippen LogP contribution in [0, 0.1) is 0 Å². The van der Waals surface area contributed by atoms with Gasteiger partial charge in [0, 0.05) is 43.3 Å². The van der Waals surface area contributed by atoms with E-state index in [2.05, 4.69) is 25.8 Å². The number of hydrogen-bond acceptors (Lipinski definition) is 5. The van der Waals surface area contributed by atoms with Crippen LogP contribution in [0.15, 0.2) is 58.0 Å². The highest BCUT2D eigenvalue weighted by molar-refractivity contribution is 9.10. The molecule has 1 saturated heterocycles. The first-order chi connectivity index (χ1) is 12.5. The standard InChI is InChI=1S/C18H20BrN3O3S/c19-15-4-6-16(7-5-15)26(24,25)14-8-18(23)22-12-10-21(11-13-22)17-3-1-2-9-20-17/h1-7,9H,8,10-14H2. The Balaban J connectivity index is 1.52. The maximum absolute atomic E-state index is 12.4. The lowest BCUT2D eigenvalue weighted by Crippen LogP contribution is -2.49. The third-order valence-electron chi connectivity index (χ3n) is 4.36. The molecule has 0 spiro atoms. The summed E-state index contributed by atoms with van der Waals surface area (Å²) in [5, 5.41) is 0. The Morgan fingerprint density at radius 1 is 1.04 bits per heavy atom. The topological polar surface area (TPSA) is 70.6 Å². The van der Waals surface area contributed by atoms with Gasteiger partial charge in [-0.25, -0.2) is 13.4 Å². The van der Waals surface area contributed by atoms with Crippen LogP contribution in [0.5, 0.6) is 0 Å². The molecule has 0 aliphatic carbocycles. The van der Waals surface area contributed by atoms with E-state index in [-0.39, 0.29) is 23.0 Å². The Labute approximate surface area is 161 Å². The lowest BCUT2D eigenvalue weighted by molar-refractivity contribution is -0.131. The van der Waals surface area contributed by atoms with E-state index in [1.165, 1.54) is 0 Å². The van der Waals surface area contributed by atoms with Crippen LogP contribution in [0.1, 0.15) is 6.42 Å². The molecule has 0 N–H and O–H groups in total. The predicted octanol–water partition coefficient (Wildman–Crippen LogP) is 2.36. The summed E-state index contributed by atoms with van der Waals surface area (Å²) in [7, 11) is -3.45. The van der Waals surface area contributed by atoms with E-state index in [1.54, 1.807) is 35.4 Å². The zero-order valence-electron chi connectivity index (χ0n) is 14.2. The fourth-order valence-corrected chi connectivity index (χ4v) is 4.36. The number of piperazine rings is 1. The average Bonchev–Trinajstić information content (AvgIpc) is 2.67. The van der Waals surface area contributed by atoms with E-state index in [0.717, 1.165) is 10.3 Å². The van der Waals surface area contributed by atoms with E-state index in [1.807, 2.05) is 18.2 Å². The molecule has 1 aromatic carbocycles. The van der Waals surface area contributed by atoms with Crippen molar-refractivity contribution >= 4 is 37.5 Å². The minimum absolute atomic E-state index is 0.00197. The monoisotopic (exact) mass is 437 g/mol. The van der Waals surface area contributed by atoms with Crippen molar-refractivity contribution in [3.63, 3.8) is 0 Å². The number of benzene rings is 1. The number of halogens is 1. The summed E-state index contributed by atoms with van der Waals surface area (Å²) >= 11 is 3.28. The molecule has 1 fully saturated rings. The van der Waals surface area contributed by atoms with Crippen molar-refractivity contribution in [3.8, 4) is 0 Å². The summed E-state index contributed by atoms with van der Waals surface area (Å²) in [4.78, 5) is 20.8. The second-order valence-corrected chi connectivity index (χ2v) is 9.10. The molecule has 1 aliphatic rings. The number of carbonyl (C=O) groups is 1. The minimum Gasteiger partial charge on any atom is -0.353 e. The maximum atomic E-state index is 12.4. The van der Waals surface area contributed by atoms with E-state index in [4.69, 9.17) is 0 Å². The largest absolute Gasteiger partial charge is 0.353 e. The van der Waals surface area contributed by atoms with Gasteiger partial charge in [0.15, 0.2) is 9.84 Å². The van der Waals surface area contributed by atoms with Crippen LogP contribution in [0.25, 0.3) is 0 Å². The third-order valence-corrected chi connectivity index (χ3v) is 6.62. The molecule has 0 unspecified atom stereocenters. The normalized spacial score (nSPS) is 15.1. The summed E-state index contributed by atoms with van der Waals surface area (Å²) in [5.41, 5.74) is 0. The second kappa shape index (κ2) is 8.18. The van der Waals surface area contributed by atoms with Gasteiger partial charge < -0.3 is 9.80 Å². The van der Waals surface area contributed by atoms with Gasteiger partial charge in [0.25, 0.3) is 0 Å². The van der Waals surface area contributed by atoms with Crippen LogP contribution >= 0.6 is 15.9 Å². The molecule has 8 heteroatoms. The highest BCUT2D eigenvalue weighted by Gasteiger charge is 2.24. The molecule has 0 atom stereocenters. The van der Waals surface area contributed by atoms with E-state index in [9.17, 15) is 13.2 Å². The number of sulfone groups is 1. The average molecular weight is 438 g/mol. The second-order valence-electron chi connectivity index (χ2n) is 6.08. The number of pyridine rings is 1. The summed E-state index contributed by atoms with van der Waals surface area (Å²) < 4.78 is 25.5. The van der Waals surface area contributed by atoms with Gasteiger partial charge in [0.2, 0.25) is 5.91 Å². The van der Waals surface area contributed by atoms with Crippen molar-refractivity contribution in [1.82, 2.24) is 9.88 Å². The van der Waals surface area contributed by atoms with Crippen LogP contribution in [0.4, 0.5) is 5.82 Å². The molecule has 2 heterocycles. The van der Waals surface area contributed by atoms with Crippen LogP contribution in [-0.4, -0.2) is 56.1 Å². The molecule has 1 aromatic heterocycles. The SMILES string of the molecule is O=C(CCS(=O)(=O)c1ccc(Br)cc1)N1CCN(c2ccccn2)CC1. The Hall–Kier alpha value is -1.93. The lowest BCUT2D eigenvalue weighted by atomic mass is 10.3. The number of amides is 1. The van der Waals surface area contributed by atoms with Crippen LogP contribution < -0.4 is 4.90 Å². The van der Waals surface area contributed by atoms with E-state index >= 15 is 0 Å². The maximum Gasteiger partial charge on any atom is 0.223 e. The Bertz CT molecular complexity index is 849. The molecular formula is C18H20BrN3O3S. The van der Waals surface area contributed by atoms with Crippen molar-refractivity contribution in [1.29, 1.82) is 0 Å². The molecule has 26 heavy (non-hydrogen) atoms. The molecule has 1 amide bonds. The first-order valence-electron chi connectivity index (χ1n) is 8.38. The van der Waals surface area contributed by atoms with Crippen LogP contribution in [-0.2, 0) is 14.6 Å². The van der Waals surface area contributed by atoms with Gasteiger partial charge in [-0.1, -0.05) is 22.0 Å². The van der Waals surface area contributed by atoms with Crippen molar-refractivity contribution in [2.24, 2.45) is 0 Å². The molecule has 138 valence electrons. The van der Waals surface area contributed by atoms with Gasteiger partial charge in [-0.2, -0.15) is 0 Å². The van der Waals surface area contributed by atoms with Gasteiger partial charge in [0.1, 0.15) is 5.82 Å². The third kappa shape index (κ3) is 4.62. The predicted molar refractivity (Wildman–Crippen MR) is 104 cm³/mol. The van der Waals surface area contributed by atoms with Crippen molar-refractivity contribution in [2.75, 3.05) is 36.8 Å². The fraction of sp³-hybridized carbons (Fsp3) is 0.333. The quantitative estimate of drug-likeness (QED) is 0.717. The smallest absolute Gasteiger partial charge is 0.223 e. The molecule has 6 nitrogen and oxygen atoms in total. The summed E-state index contributed by atoms with van der Waals surface area (Å²) in [5.74, 6) is 0.609. The molecule has 0 bridgehead atoms. The number of hydrogen-bond donors (Lipinski definition) is 0. The zero-order chi connectivity index (χ0) is 18.6. The summed E-state index contributed by atoms with van der Waals surface area (Å²) in [6.45, 7) is 2.55. The van der Waals surface area contributed by atoms with Gasteiger partial charge in [0.05, 0.1) is 10.6 Å². The van der Waals surface area contributed by atoms with Gasteiger partial charge >= 0.3 is 0 Å². The summed E-state index contributed by atoms with van der Waals surface area (Å²) in [6.07, 6.45) is 1.75. The lowest BCUT2D eigenvalue weighted by Gasteiger charge is -2.35. The Morgan fingerprint density at radius 2 is 1.73 bits per heavy atom. The number of rotatable bonds is 5. The number of aromatic nitrogens is 1. The number of anilines is 1. The fourth-order valence-electron chi connectivity index (χ4n) is 2.87. The number of carbonyl (C=O) groups excluding carboxylic acids is 1. The zero-order valence-corrected chi connectivity index (χ0v) is 16.6. The Kier molecular flexibility index (Phi) is 5.93. The molecule has 2 aromatic rings. The van der Waals surface area contributed by atoms with Crippen molar-refractivity contribution in [2.45, 2.75) is 11.3 Å². The van der Waals surface area contributed by atoms with Gasteiger partial charge in [-0.05, 0) is 36.4 Å². The molecule has 1 aliphatic heterocycles. The van der Waals surface area contributed by atoms with Crippen molar-refractivity contribution in [3.05, 3.63) is 53.1 Å². The summed E-state index contributed by atoms with van der Waals surface area (Å²) in [6, 6.07) is 12.2. The van der Waals surface area contributed by atoms with E-state index < -0.39 is 9.84 Å². The highest BCUT2D eigenvalue weighted by Crippen LogP contribution is 2.17. The first-order valence-corrected chi connectivity index (χ1v) is 10.8. The van der Waals surface area contributed by atoms with Gasteiger partial charge in [-0.3, -0.25) is 4.79 Å². The highest BCUT2D eigenvalue weighted by atomic mass is 79.9. The van der Waals surface area contributed by atoms with Crippen molar-refractivity contribution < 1.29 is 13.2 Å². The molecule has 0 radical (unpaired) electrons. The number of nitrogens with zero attached hydrogens (tertiary/aromatic N) is 3. The first kappa shape index (κ1) is 18.8. The Morgan fingerprint density at radius 3 is 2.35 bits per heavy atom. The van der Waals surface area contributed by atoms with Gasteiger partial charge in [-0.15, -0.1) is 0 Å². The molecular weight excluding hydrogens is 418 g/mol.